The molecule has 0 bridgehead atoms. The molecule has 0 spiro atoms. The third-order valence-corrected chi connectivity index (χ3v) is 10.3. The first-order chi connectivity index (χ1) is 19.0. The Labute approximate surface area is 230 Å². The van der Waals surface area contributed by atoms with Gasteiger partial charge in [-0.3, -0.25) is 32.8 Å². The molecule has 0 saturated carbocycles. The van der Waals surface area contributed by atoms with Gasteiger partial charge in [0.25, 0.3) is 28.7 Å². The number of hydrogen-bond donors (Lipinski definition) is 3. The second-order valence-electron chi connectivity index (χ2n) is 8.72. The third-order valence-electron chi connectivity index (χ3n) is 5.30. The van der Waals surface area contributed by atoms with Crippen LogP contribution < -0.4 is 26.1 Å². The molecule has 1 fully saturated rings. The van der Waals surface area contributed by atoms with Crippen molar-refractivity contribution in [1.29, 1.82) is 0 Å². The van der Waals surface area contributed by atoms with Crippen LogP contribution in [0, 0.1) is 5.82 Å². The van der Waals surface area contributed by atoms with E-state index in [-0.39, 0.29) is 13.0 Å². The van der Waals surface area contributed by atoms with Crippen molar-refractivity contribution >= 4 is 29.1 Å². The molecule has 0 aliphatic carbocycles. The lowest BCUT2D eigenvalue weighted by Gasteiger charge is -2.33. The maximum absolute atomic E-state index is 13.5. The van der Waals surface area contributed by atoms with Crippen LogP contribution >= 0.6 is 23.2 Å². The Morgan fingerprint density at radius 1 is 1.22 bits per heavy atom. The van der Waals surface area contributed by atoms with Gasteiger partial charge in [-0.1, -0.05) is 30.3 Å². The minimum atomic E-state index is -5.89. The lowest BCUT2D eigenvalue weighted by Crippen LogP contribution is -2.34. The molecule has 1 aliphatic heterocycles. The second-order valence-corrected chi connectivity index (χ2v) is 14.0. The number of aromatic amines is 1. The van der Waals surface area contributed by atoms with Crippen LogP contribution in [0.2, 0.25) is 0 Å². The van der Waals surface area contributed by atoms with Crippen LogP contribution in [0.4, 0.5) is 4.39 Å². The number of phosphoric ester groups is 1. The van der Waals surface area contributed by atoms with Crippen LogP contribution in [0.15, 0.2) is 46.1 Å². The van der Waals surface area contributed by atoms with Gasteiger partial charge in [-0.2, -0.15) is 4.39 Å². The SMILES string of the molecule is C[C@H](NP(C)(=O)OP(=O)([O-])OP(=O)([O-])OC[C@H]1O[C@@H](n2cc(F)c(=O)[nH]c2=O)C[C@H]1O)C(=O)OCc1ccccc1. The number of nitrogens with zero attached hydrogens (tertiary/aromatic N) is 1. The molecule has 2 aromatic rings. The number of aromatic nitrogens is 2. The Morgan fingerprint density at radius 2 is 1.88 bits per heavy atom. The highest BCUT2D eigenvalue weighted by molar-refractivity contribution is 7.68. The number of carbonyl (C=O) groups is 1. The highest BCUT2D eigenvalue weighted by atomic mass is 31.3. The highest BCUT2D eigenvalue weighted by Crippen LogP contribution is 2.63. The van der Waals surface area contributed by atoms with E-state index in [0.717, 1.165) is 6.66 Å². The standard InChI is InChI=1S/C20H27FN3O14P3/c1-12(19(27)34-10-13-6-4-3-5-7-13)23-39(2,29)37-41(32,33)38-40(30,31)35-11-16-15(25)8-17(36-16)24-9-14(21)18(26)22-20(24)28/h3-7,9,12,15-17,25H,8,10-11H2,1-2H3,(H,23,29)(H,30,31)(H,32,33)(H,22,26,28)/p-2/t12-,15+,16+,17+,39?/m0/s1. The summed E-state index contributed by atoms with van der Waals surface area (Å²) in [6.45, 7) is 0.786. The van der Waals surface area contributed by atoms with E-state index in [1.807, 2.05) is 0 Å². The molecule has 21 heteroatoms. The molecule has 17 nitrogen and oxygen atoms in total. The maximum atomic E-state index is 13.5. The molecule has 0 amide bonds. The molecular weight excluding hydrogens is 618 g/mol. The Morgan fingerprint density at radius 3 is 2.54 bits per heavy atom. The molecule has 1 aromatic heterocycles. The number of esters is 1. The fourth-order valence-electron chi connectivity index (χ4n) is 3.51. The number of carbonyl (C=O) groups excluding carboxylic acids is 1. The van der Waals surface area contributed by atoms with Crippen LogP contribution in [-0.4, -0.2) is 52.1 Å². The Kier molecular flexibility index (Phi) is 10.8. The van der Waals surface area contributed by atoms with Crippen molar-refractivity contribution in [3.63, 3.8) is 0 Å². The Bertz CT molecular complexity index is 1500. The van der Waals surface area contributed by atoms with Crippen molar-refractivity contribution in [2.45, 2.75) is 44.4 Å². The summed E-state index contributed by atoms with van der Waals surface area (Å²) in [5, 5.41) is 12.2. The van der Waals surface area contributed by atoms with Crippen LogP contribution in [0.1, 0.15) is 25.1 Å². The topological polar surface area (TPSA) is 248 Å². The van der Waals surface area contributed by atoms with Crippen molar-refractivity contribution < 1.29 is 60.4 Å². The van der Waals surface area contributed by atoms with Crippen molar-refractivity contribution in [2.75, 3.05) is 13.3 Å². The van der Waals surface area contributed by atoms with Crippen LogP contribution in [0.3, 0.4) is 0 Å². The molecule has 1 saturated heterocycles. The summed E-state index contributed by atoms with van der Waals surface area (Å²) >= 11 is 0. The van der Waals surface area contributed by atoms with Gasteiger partial charge in [0.15, 0.2) is 0 Å². The number of benzene rings is 1. The summed E-state index contributed by atoms with van der Waals surface area (Å²) in [6, 6.07) is 7.19. The van der Waals surface area contributed by atoms with E-state index in [1.54, 1.807) is 35.3 Å². The van der Waals surface area contributed by atoms with Gasteiger partial charge in [0.1, 0.15) is 25.0 Å². The first kappa shape index (κ1) is 33.2. The predicted molar refractivity (Wildman–Crippen MR) is 132 cm³/mol. The molecule has 3 rings (SSSR count). The monoisotopic (exact) mass is 643 g/mol. The zero-order valence-electron chi connectivity index (χ0n) is 21.3. The fraction of sp³-hybridized carbons (Fsp3) is 0.450. The zero-order chi connectivity index (χ0) is 30.6. The van der Waals surface area contributed by atoms with E-state index in [4.69, 9.17) is 9.47 Å². The number of ether oxygens (including phenoxy) is 2. The minimum absolute atomic E-state index is 0.126. The summed E-state index contributed by atoms with van der Waals surface area (Å²) in [4.78, 5) is 61.1. The number of aliphatic hydroxyl groups is 1. The van der Waals surface area contributed by atoms with Gasteiger partial charge in [0, 0.05) is 13.1 Å². The molecule has 2 heterocycles. The molecular formula is C20H25FN3O14P3-2. The number of H-pyrrole nitrogens is 1. The summed E-state index contributed by atoms with van der Waals surface area (Å²) < 4.78 is 73.9. The molecule has 0 radical (unpaired) electrons. The van der Waals surface area contributed by atoms with Crippen molar-refractivity contribution in [1.82, 2.24) is 14.6 Å². The first-order valence-electron chi connectivity index (χ1n) is 11.6. The number of rotatable bonds is 13. The van der Waals surface area contributed by atoms with E-state index >= 15 is 0 Å². The fourth-order valence-corrected chi connectivity index (χ4v) is 7.92. The molecule has 41 heavy (non-hydrogen) atoms. The summed E-state index contributed by atoms with van der Waals surface area (Å²) in [5.41, 5.74) is -1.71. The lowest BCUT2D eigenvalue weighted by molar-refractivity contribution is -0.241. The quantitative estimate of drug-likeness (QED) is 0.190. The highest BCUT2D eigenvalue weighted by Gasteiger charge is 2.37. The van der Waals surface area contributed by atoms with Crippen LogP contribution in [-0.2, 0) is 47.7 Å². The smallest absolute Gasteiger partial charge is 0.330 e. The van der Waals surface area contributed by atoms with Gasteiger partial charge in [-0.15, -0.1) is 0 Å². The Balaban J connectivity index is 1.52. The van der Waals surface area contributed by atoms with E-state index in [1.165, 1.54) is 6.92 Å². The van der Waals surface area contributed by atoms with Crippen molar-refractivity contribution in [3.05, 3.63) is 68.7 Å². The lowest BCUT2D eigenvalue weighted by atomic mass is 10.2. The summed E-state index contributed by atoms with van der Waals surface area (Å²) in [6.07, 6.45) is -4.11. The average Bonchev–Trinajstić information content (AvgIpc) is 3.22. The van der Waals surface area contributed by atoms with Gasteiger partial charge >= 0.3 is 11.7 Å². The predicted octanol–water partition coefficient (Wildman–Crippen LogP) is -0.145. The van der Waals surface area contributed by atoms with Crippen LogP contribution in [0.25, 0.3) is 0 Å². The maximum Gasteiger partial charge on any atom is 0.330 e. The number of aliphatic hydroxyl groups excluding tert-OH is 1. The van der Waals surface area contributed by atoms with Crippen molar-refractivity contribution in [3.8, 4) is 0 Å². The Hall–Kier alpha value is -2.33. The van der Waals surface area contributed by atoms with Gasteiger partial charge in [0.05, 0.1) is 18.9 Å². The van der Waals surface area contributed by atoms with Gasteiger partial charge < -0.3 is 28.9 Å². The van der Waals surface area contributed by atoms with Gasteiger partial charge in [0.2, 0.25) is 5.82 Å². The zero-order valence-corrected chi connectivity index (χ0v) is 24.0. The number of nitrogens with one attached hydrogen (secondary N) is 2. The summed E-state index contributed by atoms with van der Waals surface area (Å²) in [7, 11) is -16.1. The first-order valence-corrected chi connectivity index (χ1v) is 16.6. The van der Waals surface area contributed by atoms with Crippen molar-refractivity contribution in [2.24, 2.45) is 0 Å². The average molecular weight is 643 g/mol. The van der Waals surface area contributed by atoms with Crippen LogP contribution in [0.5, 0.6) is 0 Å². The van der Waals surface area contributed by atoms with E-state index < -0.39 is 77.3 Å². The molecule has 1 aliphatic rings. The van der Waals surface area contributed by atoms with E-state index in [0.29, 0.717) is 16.3 Å². The number of hydrogen-bond acceptors (Lipinski definition) is 14. The largest absolute Gasteiger partial charge is 0.756 e. The number of halogens is 1. The number of phosphoric acid groups is 2. The summed E-state index contributed by atoms with van der Waals surface area (Å²) in [5.74, 6) is -2.24. The van der Waals surface area contributed by atoms with Gasteiger partial charge in [-0.05, 0) is 12.5 Å². The minimum Gasteiger partial charge on any atom is -0.756 e. The second kappa shape index (κ2) is 13.3. The third kappa shape index (κ3) is 9.87. The van der Waals surface area contributed by atoms with Gasteiger partial charge in [-0.25, -0.2) is 18.5 Å². The van der Waals surface area contributed by atoms with E-state index in [2.05, 4.69) is 18.2 Å². The molecule has 3 N–H and O–H groups in total. The molecule has 228 valence electrons. The molecule has 3 unspecified atom stereocenters. The molecule has 1 aromatic carbocycles. The normalized spacial score (nSPS) is 24.1. The molecule has 7 atom stereocenters. The van der Waals surface area contributed by atoms with E-state index in [9.17, 15) is 47.4 Å².